The molecule has 1 aromatic heterocycles. The maximum Gasteiger partial charge on any atom is 0.277 e. The van der Waals surface area contributed by atoms with Gasteiger partial charge in [-0.2, -0.15) is 5.10 Å². The van der Waals surface area contributed by atoms with E-state index in [0.717, 1.165) is 35.8 Å². The van der Waals surface area contributed by atoms with Crippen LogP contribution in [0.25, 0.3) is 10.8 Å². The van der Waals surface area contributed by atoms with Crippen molar-refractivity contribution >= 4 is 103 Å². The summed E-state index contributed by atoms with van der Waals surface area (Å²) in [6.07, 6.45) is 1.59. The zero-order valence-corrected chi connectivity index (χ0v) is 28.2. The summed E-state index contributed by atoms with van der Waals surface area (Å²) in [6, 6.07) is 23.3. The average molecular weight is 845 g/mol. The van der Waals surface area contributed by atoms with Crippen LogP contribution < -0.4 is 14.9 Å². The summed E-state index contributed by atoms with van der Waals surface area (Å²) < 4.78 is 19.2. The van der Waals surface area contributed by atoms with Crippen LogP contribution in [-0.2, 0) is 18.0 Å². The Morgan fingerprint density at radius 3 is 2.57 bits per heavy atom. The van der Waals surface area contributed by atoms with Crippen LogP contribution in [0.2, 0.25) is 10.0 Å². The molecule has 1 N–H and O–H groups in total. The molecule has 5 aromatic rings. The third-order valence-corrected chi connectivity index (χ3v) is 8.65. The number of hydrogen-bond acceptors (Lipinski definition) is 8. The standard InChI is InChI=1S/C29H20Cl2I2N4O4S/c30-20-8-9-25(22(31)12-20)39-15-27-36-37-29(41-27)42-16-26(38)35-34-13-17-10-23(32)28(24(33)11-17)40-14-19-6-3-5-18-4-1-2-7-21(18)19/h1-13H,14-16H2,(H,35,38)/b34-13-. The number of halogens is 4. The average Bonchev–Trinajstić information content (AvgIpc) is 3.43. The molecule has 0 spiro atoms. The Morgan fingerprint density at radius 2 is 1.76 bits per heavy atom. The maximum absolute atomic E-state index is 12.3. The van der Waals surface area contributed by atoms with Crippen molar-refractivity contribution in [2.75, 3.05) is 5.75 Å². The monoisotopic (exact) mass is 844 g/mol. The Bertz CT molecular complexity index is 1740. The van der Waals surface area contributed by atoms with Gasteiger partial charge in [-0.3, -0.25) is 4.79 Å². The molecule has 0 aliphatic carbocycles. The fraction of sp³-hybridized carbons (Fsp3) is 0.103. The highest BCUT2D eigenvalue weighted by Crippen LogP contribution is 2.31. The maximum atomic E-state index is 12.3. The predicted octanol–water partition coefficient (Wildman–Crippen LogP) is 8.14. The fourth-order valence-electron chi connectivity index (χ4n) is 3.79. The minimum atomic E-state index is -0.320. The summed E-state index contributed by atoms with van der Waals surface area (Å²) in [6.45, 7) is 0.482. The van der Waals surface area contributed by atoms with Crippen molar-refractivity contribution in [2.45, 2.75) is 18.4 Å². The molecule has 0 radical (unpaired) electrons. The lowest BCUT2D eigenvalue weighted by Gasteiger charge is -2.13. The van der Waals surface area contributed by atoms with Crippen molar-refractivity contribution in [1.82, 2.24) is 15.6 Å². The quantitative estimate of drug-likeness (QED) is 0.0621. The van der Waals surface area contributed by atoms with E-state index in [2.05, 4.69) is 90.2 Å². The fourth-order valence-corrected chi connectivity index (χ4v) is 6.95. The third kappa shape index (κ3) is 8.28. The smallest absolute Gasteiger partial charge is 0.277 e. The van der Waals surface area contributed by atoms with Crippen LogP contribution in [0.15, 0.2) is 87.5 Å². The van der Waals surface area contributed by atoms with E-state index in [1.165, 1.54) is 10.8 Å². The van der Waals surface area contributed by atoms with Gasteiger partial charge in [0.1, 0.15) is 18.1 Å². The van der Waals surface area contributed by atoms with Crippen LogP contribution >= 0.6 is 80.1 Å². The molecule has 0 saturated heterocycles. The minimum Gasteiger partial charge on any atom is -0.487 e. The number of carbonyl (C=O) groups excluding carboxylic acids is 1. The highest BCUT2D eigenvalue weighted by atomic mass is 127. The van der Waals surface area contributed by atoms with Crippen molar-refractivity contribution in [3.8, 4) is 11.5 Å². The Labute approximate surface area is 282 Å². The van der Waals surface area contributed by atoms with Gasteiger partial charge in [0.15, 0.2) is 6.61 Å². The van der Waals surface area contributed by atoms with Crippen LogP contribution in [-0.4, -0.2) is 28.1 Å². The number of nitrogens with zero attached hydrogens (tertiary/aromatic N) is 3. The van der Waals surface area contributed by atoms with Crippen molar-refractivity contribution in [3.63, 3.8) is 0 Å². The van der Waals surface area contributed by atoms with Crippen molar-refractivity contribution in [3.05, 3.63) is 107 Å². The Balaban J connectivity index is 1.09. The number of hydrogen-bond donors (Lipinski definition) is 1. The first-order valence-electron chi connectivity index (χ1n) is 12.3. The van der Waals surface area contributed by atoms with Crippen LogP contribution in [0.4, 0.5) is 0 Å². The van der Waals surface area contributed by atoms with Crippen LogP contribution in [0.5, 0.6) is 11.5 Å². The van der Waals surface area contributed by atoms with Gasteiger partial charge in [0.25, 0.3) is 17.0 Å². The Morgan fingerprint density at radius 1 is 0.976 bits per heavy atom. The van der Waals surface area contributed by atoms with Crippen LogP contribution in [0, 0.1) is 7.14 Å². The molecule has 42 heavy (non-hydrogen) atoms. The van der Waals surface area contributed by atoms with E-state index >= 15 is 0 Å². The number of rotatable bonds is 11. The van der Waals surface area contributed by atoms with Crippen LogP contribution in [0.3, 0.4) is 0 Å². The first-order chi connectivity index (χ1) is 20.4. The molecule has 0 saturated carbocycles. The lowest BCUT2D eigenvalue weighted by Crippen LogP contribution is -2.19. The summed E-state index contributed by atoms with van der Waals surface area (Å²) in [4.78, 5) is 12.3. The number of ether oxygens (including phenoxy) is 2. The largest absolute Gasteiger partial charge is 0.487 e. The van der Waals surface area contributed by atoms with Gasteiger partial charge in [-0.1, -0.05) is 77.4 Å². The molecular weight excluding hydrogens is 825 g/mol. The molecule has 0 aliphatic rings. The molecule has 0 atom stereocenters. The van der Waals surface area contributed by atoms with E-state index in [1.807, 2.05) is 30.3 Å². The van der Waals surface area contributed by atoms with Gasteiger partial charge in [0, 0.05) is 5.02 Å². The topological polar surface area (TPSA) is 98.8 Å². The molecule has 1 amide bonds. The molecule has 0 bridgehead atoms. The molecule has 0 unspecified atom stereocenters. The number of nitrogens with one attached hydrogen (secondary N) is 1. The number of fused-ring (bicyclic) bond motifs is 1. The first-order valence-corrected chi connectivity index (χ1v) is 16.2. The summed E-state index contributed by atoms with van der Waals surface area (Å²) in [5, 5.41) is 15.4. The van der Waals surface area contributed by atoms with Crippen LogP contribution in [0.1, 0.15) is 17.0 Å². The van der Waals surface area contributed by atoms with Crippen molar-refractivity contribution < 1.29 is 18.7 Å². The minimum absolute atomic E-state index is 0.0238. The molecule has 0 fully saturated rings. The van der Waals surface area contributed by atoms with Gasteiger partial charge in [-0.25, -0.2) is 5.43 Å². The highest BCUT2D eigenvalue weighted by Gasteiger charge is 2.12. The number of amides is 1. The summed E-state index contributed by atoms with van der Waals surface area (Å²) in [7, 11) is 0. The Hall–Kier alpha value is -2.59. The number of benzene rings is 4. The second-order valence-corrected chi connectivity index (χ2v) is 12.7. The van der Waals surface area contributed by atoms with E-state index in [-0.39, 0.29) is 29.4 Å². The van der Waals surface area contributed by atoms with Gasteiger partial charge >= 0.3 is 0 Å². The molecule has 0 aliphatic heterocycles. The highest BCUT2D eigenvalue weighted by molar-refractivity contribution is 14.1. The number of carbonyl (C=O) groups is 1. The van der Waals surface area contributed by atoms with E-state index in [9.17, 15) is 4.79 Å². The Kier molecular flexibility index (Phi) is 10.8. The summed E-state index contributed by atoms with van der Waals surface area (Å²) >= 11 is 17.6. The van der Waals surface area contributed by atoms with E-state index in [4.69, 9.17) is 37.1 Å². The lowest BCUT2D eigenvalue weighted by atomic mass is 10.1. The zero-order chi connectivity index (χ0) is 29.5. The molecule has 5 rings (SSSR count). The molecule has 13 heteroatoms. The van der Waals surface area contributed by atoms with E-state index in [1.54, 1.807) is 24.4 Å². The number of hydrazone groups is 1. The van der Waals surface area contributed by atoms with Gasteiger partial charge in [0.2, 0.25) is 0 Å². The molecule has 1 heterocycles. The summed E-state index contributed by atoms with van der Waals surface area (Å²) in [5.74, 6) is 1.22. The molecule has 214 valence electrons. The second-order valence-electron chi connectivity index (χ2n) is 8.65. The van der Waals surface area contributed by atoms with Crippen molar-refractivity contribution in [1.29, 1.82) is 0 Å². The van der Waals surface area contributed by atoms with E-state index in [0.29, 0.717) is 22.4 Å². The SMILES string of the molecule is O=C(CSc1nnc(COc2ccc(Cl)cc2Cl)o1)N/N=C\c1cc(I)c(OCc2cccc3ccccc23)c(I)c1. The first kappa shape index (κ1) is 30.9. The summed E-state index contributed by atoms with van der Waals surface area (Å²) in [5.41, 5.74) is 4.47. The molecule has 8 nitrogen and oxygen atoms in total. The van der Waals surface area contributed by atoms with E-state index < -0.39 is 0 Å². The van der Waals surface area contributed by atoms with Gasteiger partial charge in [-0.05, 0) is 97.4 Å². The second kappa shape index (κ2) is 14.7. The predicted molar refractivity (Wildman–Crippen MR) is 182 cm³/mol. The van der Waals surface area contributed by atoms with Gasteiger partial charge in [-0.15, -0.1) is 10.2 Å². The normalized spacial score (nSPS) is 11.2. The number of thioether (sulfide) groups is 1. The number of aromatic nitrogens is 2. The molecular formula is C29H20Cl2I2N4O4S. The van der Waals surface area contributed by atoms with Gasteiger partial charge in [0.05, 0.1) is 24.1 Å². The van der Waals surface area contributed by atoms with Gasteiger partial charge < -0.3 is 13.9 Å². The zero-order valence-electron chi connectivity index (χ0n) is 21.5. The third-order valence-electron chi connectivity index (χ3n) is 5.70. The molecule has 4 aromatic carbocycles. The lowest BCUT2D eigenvalue weighted by molar-refractivity contribution is -0.118. The van der Waals surface area contributed by atoms with Crippen molar-refractivity contribution in [2.24, 2.45) is 5.10 Å².